The van der Waals surface area contributed by atoms with Gasteiger partial charge in [0.25, 0.3) is 0 Å². The summed E-state index contributed by atoms with van der Waals surface area (Å²) in [6.07, 6.45) is 0. The van der Waals surface area contributed by atoms with E-state index in [1.807, 2.05) is 24.3 Å². The summed E-state index contributed by atoms with van der Waals surface area (Å²) in [5, 5.41) is 3.21. The second kappa shape index (κ2) is 5.62. The third-order valence-corrected chi connectivity index (χ3v) is 3.51. The second-order valence-electron chi connectivity index (χ2n) is 3.66. The number of nitrogens with two attached hydrogens (primary N) is 1. The number of nitrogens with one attached hydrogen (secondary N) is 1. The molecule has 0 aliphatic carbocycles. The lowest BCUT2D eigenvalue weighted by atomic mass is 10.1. The molecule has 0 aromatic heterocycles. The van der Waals surface area contributed by atoms with Crippen molar-refractivity contribution in [1.29, 1.82) is 0 Å². The number of anilines is 2. The second-order valence-corrected chi connectivity index (χ2v) is 5.26. The van der Waals surface area contributed by atoms with Gasteiger partial charge in [-0.3, -0.25) is 0 Å². The minimum atomic E-state index is -0.257. The number of benzene rings is 2. The van der Waals surface area contributed by atoms with E-state index >= 15 is 0 Å². The van der Waals surface area contributed by atoms with Crippen LogP contribution in [0.15, 0.2) is 42.5 Å². The van der Waals surface area contributed by atoms with Crippen LogP contribution in [-0.2, 0) is 0 Å². The van der Waals surface area contributed by atoms with E-state index in [9.17, 15) is 4.39 Å². The van der Waals surface area contributed by atoms with E-state index < -0.39 is 0 Å². The minimum Gasteiger partial charge on any atom is -0.389 e. The van der Waals surface area contributed by atoms with Crippen LogP contribution in [0.25, 0.3) is 0 Å². The van der Waals surface area contributed by atoms with Crippen molar-refractivity contribution in [1.82, 2.24) is 0 Å². The van der Waals surface area contributed by atoms with E-state index in [2.05, 4.69) is 27.9 Å². The third-order valence-electron chi connectivity index (χ3n) is 2.39. The molecule has 2 aromatic carbocycles. The van der Waals surface area contributed by atoms with Gasteiger partial charge in [-0.1, -0.05) is 24.4 Å². The number of thiocarbonyl (C=S) groups is 1. The lowest BCUT2D eigenvalue weighted by Crippen LogP contribution is -2.11. The fourth-order valence-corrected chi connectivity index (χ4v) is 2.33. The average Bonchev–Trinajstić information content (AvgIpc) is 2.33. The zero-order valence-electron chi connectivity index (χ0n) is 9.28. The van der Waals surface area contributed by atoms with Crippen molar-refractivity contribution >= 4 is 51.2 Å². The summed E-state index contributed by atoms with van der Waals surface area (Å²) in [4.78, 5) is 0.329. The van der Waals surface area contributed by atoms with E-state index in [4.69, 9.17) is 18.0 Å². The molecule has 0 radical (unpaired) electrons. The molecule has 0 bridgehead atoms. The van der Waals surface area contributed by atoms with E-state index in [1.54, 1.807) is 6.07 Å². The molecular weight excluding hydrogens is 362 g/mol. The maximum absolute atomic E-state index is 13.0. The highest BCUT2D eigenvalue weighted by Gasteiger charge is 2.07. The van der Waals surface area contributed by atoms with Gasteiger partial charge in [0.1, 0.15) is 10.8 Å². The Kier molecular flexibility index (Phi) is 4.13. The minimum absolute atomic E-state index is 0.257. The molecule has 0 atom stereocenters. The van der Waals surface area contributed by atoms with Gasteiger partial charge in [0.15, 0.2) is 0 Å². The summed E-state index contributed by atoms with van der Waals surface area (Å²) in [5.41, 5.74) is 8.07. The van der Waals surface area contributed by atoms with Crippen LogP contribution in [0.4, 0.5) is 15.8 Å². The lowest BCUT2D eigenvalue weighted by Gasteiger charge is -2.12. The Morgan fingerprint density at radius 2 is 1.89 bits per heavy atom. The largest absolute Gasteiger partial charge is 0.389 e. The molecule has 0 amide bonds. The molecule has 2 rings (SSSR count). The number of hydrogen-bond acceptors (Lipinski definition) is 2. The van der Waals surface area contributed by atoms with Crippen LogP contribution in [0.3, 0.4) is 0 Å². The molecule has 2 aromatic rings. The maximum Gasteiger partial charge on any atom is 0.124 e. The smallest absolute Gasteiger partial charge is 0.124 e. The predicted octanol–water partition coefficient (Wildman–Crippen LogP) is 3.81. The summed E-state index contributed by atoms with van der Waals surface area (Å²) in [7, 11) is 0. The first kappa shape index (κ1) is 13.2. The van der Waals surface area contributed by atoms with Gasteiger partial charge in [-0.2, -0.15) is 0 Å². The molecule has 0 heterocycles. The molecular formula is C13H10FIN2S. The lowest BCUT2D eigenvalue weighted by molar-refractivity contribution is 0.627. The van der Waals surface area contributed by atoms with Crippen molar-refractivity contribution < 1.29 is 4.39 Å². The van der Waals surface area contributed by atoms with E-state index in [0.717, 1.165) is 20.5 Å². The van der Waals surface area contributed by atoms with Crippen molar-refractivity contribution in [2.75, 3.05) is 5.32 Å². The molecule has 18 heavy (non-hydrogen) atoms. The van der Waals surface area contributed by atoms with Crippen molar-refractivity contribution in [2.45, 2.75) is 0 Å². The first-order valence-corrected chi connectivity index (χ1v) is 6.67. The number of rotatable bonds is 3. The molecule has 0 fully saturated rings. The summed E-state index contributed by atoms with van der Waals surface area (Å²) >= 11 is 7.07. The molecule has 0 aliphatic heterocycles. The van der Waals surface area contributed by atoms with Gasteiger partial charge in [-0.25, -0.2) is 4.39 Å². The SMILES string of the molecule is NC(=S)c1ccccc1Nc1ccc(F)cc1I. The Balaban J connectivity index is 2.37. The highest BCUT2D eigenvalue weighted by Crippen LogP contribution is 2.25. The molecule has 0 saturated heterocycles. The number of hydrogen-bond donors (Lipinski definition) is 2. The Labute approximate surface area is 124 Å². The average molecular weight is 372 g/mol. The highest BCUT2D eigenvalue weighted by atomic mass is 127. The number of para-hydroxylation sites is 1. The Morgan fingerprint density at radius 1 is 1.17 bits per heavy atom. The van der Waals surface area contributed by atoms with Gasteiger partial charge in [-0.15, -0.1) is 0 Å². The fourth-order valence-electron chi connectivity index (χ4n) is 1.54. The van der Waals surface area contributed by atoms with Gasteiger partial charge in [-0.05, 0) is 52.9 Å². The Hall–Kier alpha value is -1.21. The molecule has 0 spiro atoms. The molecule has 0 saturated carbocycles. The summed E-state index contributed by atoms with van der Waals surface area (Å²) in [6, 6.07) is 12.1. The molecule has 0 unspecified atom stereocenters. The van der Waals surface area contributed by atoms with Gasteiger partial charge >= 0.3 is 0 Å². The fraction of sp³-hybridized carbons (Fsp3) is 0. The van der Waals surface area contributed by atoms with Gasteiger partial charge in [0.2, 0.25) is 0 Å². The van der Waals surface area contributed by atoms with Crippen LogP contribution in [0.1, 0.15) is 5.56 Å². The van der Waals surface area contributed by atoms with Gasteiger partial charge < -0.3 is 11.1 Å². The van der Waals surface area contributed by atoms with Crippen LogP contribution in [0.5, 0.6) is 0 Å². The summed E-state index contributed by atoms with van der Waals surface area (Å²) in [5.74, 6) is -0.257. The zero-order valence-corrected chi connectivity index (χ0v) is 12.3. The first-order valence-electron chi connectivity index (χ1n) is 5.19. The van der Waals surface area contributed by atoms with Gasteiger partial charge in [0.05, 0.1) is 5.69 Å². The molecule has 2 nitrogen and oxygen atoms in total. The van der Waals surface area contributed by atoms with E-state index in [0.29, 0.717) is 4.99 Å². The highest BCUT2D eigenvalue weighted by molar-refractivity contribution is 14.1. The molecule has 5 heteroatoms. The van der Waals surface area contributed by atoms with E-state index in [-0.39, 0.29) is 5.82 Å². The van der Waals surface area contributed by atoms with Crippen molar-refractivity contribution in [3.63, 3.8) is 0 Å². The summed E-state index contributed by atoms with van der Waals surface area (Å²) < 4.78 is 13.8. The zero-order chi connectivity index (χ0) is 13.1. The quantitative estimate of drug-likeness (QED) is 0.636. The third kappa shape index (κ3) is 2.97. The standard InChI is InChI=1S/C13H10FIN2S/c14-8-5-6-12(10(15)7-8)17-11-4-2-1-3-9(11)13(16)18/h1-7,17H,(H2,16,18). The van der Waals surface area contributed by atoms with Crippen molar-refractivity contribution in [3.8, 4) is 0 Å². The molecule has 92 valence electrons. The van der Waals surface area contributed by atoms with Crippen molar-refractivity contribution in [3.05, 3.63) is 57.4 Å². The normalized spacial score (nSPS) is 10.1. The van der Waals surface area contributed by atoms with Crippen LogP contribution in [-0.4, -0.2) is 4.99 Å². The van der Waals surface area contributed by atoms with E-state index in [1.165, 1.54) is 12.1 Å². The maximum atomic E-state index is 13.0. The number of halogens is 2. The Bertz CT molecular complexity index is 601. The first-order chi connectivity index (χ1) is 8.58. The van der Waals surface area contributed by atoms with Crippen LogP contribution in [0, 0.1) is 9.39 Å². The summed E-state index contributed by atoms with van der Waals surface area (Å²) in [6.45, 7) is 0. The molecule has 0 aliphatic rings. The monoisotopic (exact) mass is 372 g/mol. The Morgan fingerprint density at radius 3 is 2.56 bits per heavy atom. The van der Waals surface area contributed by atoms with Crippen molar-refractivity contribution in [2.24, 2.45) is 5.73 Å². The molecule has 3 N–H and O–H groups in total. The van der Waals surface area contributed by atoms with Crippen LogP contribution < -0.4 is 11.1 Å². The predicted molar refractivity (Wildman–Crippen MR) is 84.7 cm³/mol. The topological polar surface area (TPSA) is 38.0 Å². The van der Waals surface area contributed by atoms with Gasteiger partial charge in [0, 0.05) is 14.8 Å². The van der Waals surface area contributed by atoms with Crippen LogP contribution in [0.2, 0.25) is 0 Å². The van der Waals surface area contributed by atoms with Crippen LogP contribution >= 0.6 is 34.8 Å².